The van der Waals surface area contributed by atoms with Crippen molar-refractivity contribution in [3.05, 3.63) is 23.8 Å². The quantitative estimate of drug-likeness (QED) is 0.773. The van der Waals surface area contributed by atoms with Crippen LogP contribution in [0.15, 0.2) is 18.2 Å². The second kappa shape index (κ2) is 6.78. The highest BCUT2D eigenvalue weighted by Crippen LogP contribution is 2.32. The van der Waals surface area contributed by atoms with Crippen molar-refractivity contribution in [1.29, 1.82) is 0 Å². The predicted molar refractivity (Wildman–Crippen MR) is 76.9 cm³/mol. The standard InChI is InChI=1S/C9H10O2.C6H14N2/c1-2-7-3-4-8-9(5-7)11-6-10-8;1-7-3-5-8(2)6-4-7/h3-5H,2,6H2,1H3;3-6H2,1-2H3. The fraction of sp³-hybridized carbons (Fsp3) is 0.600. The highest BCUT2D eigenvalue weighted by Gasteiger charge is 2.12. The van der Waals surface area contributed by atoms with Crippen molar-refractivity contribution in [3.8, 4) is 11.5 Å². The zero-order valence-corrected chi connectivity index (χ0v) is 12.2. The van der Waals surface area contributed by atoms with Gasteiger partial charge in [-0.3, -0.25) is 0 Å². The van der Waals surface area contributed by atoms with Crippen LogP contribution in [0.2, 0.25) is 0 Å². The zero-order chi connectivity index (χ0) is 13.7. The van der Waals surface area contributed by atoms with E-state index in [1.54, 1.807) is 0 Å². The normalized spacial score (nSPS) is 18.9. The highest BCUT2D eigenvalue weighted by molar-refractivity contribution is 5.44. The third-order valence-corrected chi connectivity index (χ3v) is 3.57. The number of rotatable bonds is 1. The molecule has 19 heavy (non-hydrogen) atoms. The molecule has 1 saturated heterocycles. The molecule has 2 heterocycles. The molecule has 0 bridgehead atoms. The Hall–Kier alpha value is -1.26. The van der Waals surface area contributed by atoms with Crippen LogP contribution in [-0.4, -0.2) is 56.9 Å². The van der Waals surface area contributed by atoms with Crippen molar-refractivity contribution in [3.63, 3.8) is 0 Å². The summed E-state index contributed by atoms with van der Waals surface area (Å²) in [5.41, 5.74) is 1.29. The maximum Gasteiger partial charge on any atom is 0.231 e. The summed E-state index contributed by atoms with van der Waals surface area (Å²) in [5, 5.41) is 0. The third-order valence-electron chi connectivity index (χ3n) is 3.57. The van der Waals surface area contributed by atoms with E-state index >= 15 is 0 Å². The Balaban J connectivity index is 0.000000148. The van der Waals surface area contributed by atoms with Gasteiger partial charge < -0.3 is 19.3 Å². The van der Waals surface area contributed by atoms with Gasteiger partial charge in [0.05, 0.1) is 0 Å². The molecule has 0 saturated carbocycles. The second-order valence-electron chi connectivity index (χ2n) is 5.15. The molecule has 0 N–H and O–H groups in total. The van der Waals surface area contributed by atoms with Crippen LogP contribution in [0.5, 0.6) is 11.5 Å². The first kappa shape index (κ1) is 14.2. The summed E-state index contributed by atoms with van der Waals surface area (Å²) in [6, 6.07) is 6.05. The topological polar surface area (TPSA) is 24.9 Å². The average molecular weight is 264 g/mol. The number of aryl methyl sites for hydroxylation is 1. The van der Waals surface area contributed by atoms with E-state index in [-0.39, 0.29) is 0 Å². The van der Waals surface area contributed by atoms with Crippen molar-refractivity contribution in [2.45, 2.75) is 13.3 Å². The minimum absolute atomic E-state index is 0.364. The van der Waals surface area contributed by atoms with Gasteiger partial charge in [-0.15, -0.1) is 0 Å². The molecule has 0 amide bonds. The molecule has 1 fully saturated rings. The molecule has 2 aliphatic heterocycles. The van der Waals surface area contributed by atoms with Gasteiger partial charge in [0.15, 0.2) is 11.5 Å². The maximum atomic E-state index is 5.22. The molecule has 2 aliphatic rings. The van der Waals surface area contributed by atoms with Gasteiger partial charge in [-0.05, 0) is 38.2 Å². The van der Waals surface area contributed by atoms with Crippen molar-refractivity contribution in [2.24, 2.45) is 0 Å². The first-order chi connectivity index (χ1) is 9.19. The number of hydrogen-bond donors (Lipinski definition) is 0. The van der Waals surface area contributed by atoms with Gasteiger partial charge in [-0.2, -0.15) is 0 Å². The fourth-order valence-electron chi connectivity index (χ4n) is 2.07. The number of piperazine rings is 1. The molecule has 1 aromatic carbocycles. The van der Waals surface area contributed by atoms with Crippen LogP contribution in [0.25, 0.3) is 0 Å². The molecular formula is C15H24N2O2. The Morgan fingerprint density at radius 2 is 1.53 bits per heavy atom. The largest absolute Gasteiger partial charge is 0.454 e. The number of fused-ring (bicyclic) bond motifs is 1. The van der Waals surface area contributed by atoms with Crippen molar-refractivity contribution < 1.29 is 9.47 Å². The van der Waals surface area contributed by atoms with Crippen LogP contribution in [0.3, 0.4) is 0 Å². The summed E-state index contributed by atoms with van der Waals surface area (Å²) in [5.74, 6) is 1.74. The van der Waals surface area contributed by atoms with Crippen LogP contribution in [0.1, 0.15) is 12.5 Å². The van der Waals surface area contributed by atoms with Crippen LogP contribution in [-0.2, 0) is 6.42 Å². The van der Waals surface area contributed by atoms with Crippen molar-refractivity contribution >= 4 is 0 Å². The van der Waals surface area contributed by atoms with Crippen LogP contribution >= 0.6 is 0 Å². The molecule has 0 aliphatic carbocycles. The molecule has 106 valence electrons. The van der Waals surface area contributed by atoms with Crippen molar-refractivity contribution in [1.82, 2.24) is 9.80 Å². The first-order valence-electron chi connectivity index (χ1n) is 6.94. The molecule has 0 atom stereocenters. The summed E-state index contributed by atoms with van der Waals surface area (Å²) in [4.78, 5) is 4.72. The Morgan fingerprint density at radius 3 is 2.11 bits per heavy atom. The van der Waals surface area contributed by atoms with Crippen molar-refractivity contribution in [2.75, 3.05) is 47.1 Å². The molecule has 4 nitrogen and oxygen atoms in total. The van der Waals surface area contributed by atoms with E-state index in [4.69, 9.17) is 9.47 Å². The monoisotopic (exact) mass is 264 g/mol. The van der Waals surface area contributed by atoms with Gasteiger partial charge in [0, 0.05) is 26.2 Å². The molecule has 3 rings (SSSR count). The number of hydrogen-bond acceptors (Lipinski definition) is 4. The third kappa shape index (κ3) is 4.11. The molecule has 0 aromatic heterocycles. The van der Waals surface area contributed by atoms with Gasteiger partial charge in [0.1, 0.15) is 0 Å². The highest BCUT2D eigenvalue weighted by atomic mass is 16.7. The van der Waals surface area contributed by atoms with E-state index in [1.807, 2.05) is 12.1 Å². The second-order valence-corrected chi connectivity index (χ2v) is 5.15. The van der Waals surface area contributed by atoms with Crippen LogP contribution in [0, 0.1) is 0 Å². The summed E-state index contributed by atoms with van der Waals surface area (Å²) in [6.07, 6.45) is 1.04. The molecule has 1 aromatic rings. The minimum atomic E-state index is 0.364. The number of likely N-dealkylation sites (N-methyl/N-ethyl adjacent to an activating group) is 2. The Labute approximate surface area is 115 Å². The van der Waals surface area contributed by atoms with Gasteiger partial charge in [-0.1, -0.05) is 13.0 Å². The van der Waals surface area contributed by atoms with E-state index in [0.717, 1.165) is 17.9 Å². The fourth-order valence-corrected chi connectivity index (χ4v) is 2.07. The van der Waals surface area contributed by atoms with E-state index < -0.39 is 0 Å². The molecule has 4 heteroatoms. The lowest BCUT2D eigenvalue weighted by atomic mass is 10.1. The summed E-state index contributed by atoms with van der Waals surface area (Å²) in [7, 11) is 4.35. The minimum Gasteiger partial charge on any atom is -0.454 e. The van der Waals surface area contributed by atoms with Gasteiger partial charge in [0.2, 0.25) is 6.79 Å². The summed E-state index contributed by atoms with van der Waals surface area (Å²) >= 11 is 0. The maximum absolute atomic E-state index is 5.22. The van der Waals surface area contributed by atoms with E-state index in [0.29, 0.717) is 6.79 Å². The Kier molecular flexibility index (Phi) is 5.05. The average Bonchev–Trinajstić information content (AvgIpc) is 2.90. The molecule has 0 radical (unpaired) electrons. The van der Waals surface area contributed by atoms with E-state index in [1.165, 1.54) is 31.7 Å². The lowest BCUT2D eigenvalue weighted by Gasteiger charge is -2.28. The number of benzene rings is 1. The number of nitrogens with zero attached hydrogens (tertiary/aromatic N) is 2. The molecule has 0 spiro atoms. The Bertz CT molecular complexity index is 391. The number of ether oxygens (including phenoxy) is 2. The van der Waals surface area contributed by atoms with Gasteiger partial charge in [-0.25, -0.2) is 0 Å². The molecule has 0 unspecified atom stereocenters. The van der Waals surface area contributed by atoms with E-state index in [9.17, 15) is 0 Å². The summed E-state index contributed by atoms with van der Waals surface area (Å²) in [6.45, 7) is 7.42. The van der Waals surface area contributed by atoms with Gasteiger partial charge in [0.25, 0.3) is 0 Å². The predicted octanol–water partition coefficient (Wildman–Crippen LogP) is 1.84. The van der Waals surface area contributed by atoms with Crippen LogP contribution < -0.4 is 9.47 Å². The lowest BCUT2D eigenvalue weighted by Crippen LogP contribution is -2.42. The van der Waals surface area contributed by atoms with Crippen LogP contribution in [0.4, 0.5) is 0 Å². The van der Waals surface area contributed by atoms with E-state index in [2.05, 4.69) is 36.9 Å². The lowest BCUT2D eigenvalue weighted by molar-refractivity contribution is 0.174. The zero-order valence-electron chi connectivity index (χ0n) is 12.2. The Morgan fingerprint density at radius 1 is 0.947 bits per heavy atom. The SMILES string of the molecule is CCc1ccc2c(c1)OCO2.CN1CCN(C)CC1. The first-order valence-corrected chi connectivity index (χ1v) is 6.94. The molecular weight excluding hydrogens is 240 g/mol. The smallest absolute Gasteiger partial charge is 0.231 e. The summed E-state index contributed by atoms with van der Waals surface area (Å²) < 4.78 is 10.4. The van der Waals surface area contributed by atoms with Gasteiger partial charge >= 0.3 is 0 Å².